The summed E-state index contributed by atoms with van der Waals surface area (Å²) in [6.45, 7) is 5.92. The summed E-state index contributed by atoms with van der Waals surface area (Å²) in [6.07, 6.45) is 2.25. The predicted octanol–water partition coefficient (Wildman–Crippen LogP) is 3.41. The molecule has 126 valence electrons. The Morgan fingerprint density at radius 1 is 1.21 bits per heavy atom. The second-order valence-electron chi connectivity index (χ2n) is 6.29. The Morgan fingerprint density at radius 3 is 2.54 bits per heavy atom. The van der Waals surface area contributed by atoms with Crippen molar-refractivity contribution in [2.75, 3.05) is 23.3 Å². The number of aromatic nitrogens is 2. The third-order valence-corrected chi connectivity index (χ3v) is 4.27. The topological polar surface area (TPSA) is 58.1 Å². The number of benzene rings is 1. The van der Waals surface area contributed by atoms with Gasteiger partial charge in [0.1, 0.15) is 23.2 Å². The molecule has 6 heteroatoms. The largest absolute Gasteiger partial charge is 0.356 e. The second kappa shape index (κ2) is 6.95. The first-order valence-corrected chi connectivity index (χ1v) is 8.19. The molecule has 3 rings (SSSR count). The number of hydrogen-bond donors (Lipinski definition) is 1. The molecule has 2 heterocycles. The summed E-state index contributed by atoms with van der Waals surface area (Å²) in [5, 5.41) is 2.74. The molecule has 24 heavy (non-hydrogen) atoms. The number of carbonyl (C=O) groups excluding carboxylic acids is 1. The second-order valence-corrected chi connectivity index (χ2v) is 6.29. The van der Waals surface area contributed by atoms with Gasteiger partial charge in [-0.15, -0.1) is 0 Å². The Balaban J connectivity index is 1.77. The van der Waals surface area contributed by atoms with E-state index >= 15 is 0 Å². The van der Waals surface area contributed by atoms with Crippen LogP contribution in [0.5, 0.6) is 0 Å². The monoisotopic (exact) mass is 328 g/mol. The number of aryl methyl sites for hydroxylation is 1. The quantitative estimate of drug-likeness (QED) is 0.938. The van der Waals surface area contributed by atoms with Crippen LogP contribution in [0.3, 0.4) is 0 Å². The van der Waals surface area contributed by atoms with Gasteiger partial charge in [-0.05, 0) is 49.9 Å². The smallest absolute Gasteiger partial charge is 0.274 e. The maximum absolute atomic E-state index is 12.9. The van der Waals surface area contributed by atoms with E-state index in [0.29, 0.717) is 17.2 Å². The minimum absolute atomic E-state index is 0.320. The van der Waals surface area contributed by atoms with Crippen LogP contribution < -0.4 is 10.2 Å². The Hall–Kier alpha value is -2.50. The van der Waals surface area contributed by atoms with Crippen LogP contribution in [-0.4, -0.2) is 29.0 Å². The van der Waals surface area contributed by atoms with E-state index in [0.717, 1.165) is 37.7 Å². The molecule has 0 aliphatic carbocycles. The summed E-state index contributed by atoms with van der Waals surface area (Å²) in [6, 6.07) is 7.38. The molecular formula is C18H21FN4O. The molecule has 0 unspecified atom stereocenters. The van der Waals surface area contributed by atoms with Gasteiger partial charge in [0, 0.05) is 24.8 Å². The van der Waals surface area contributed by atoms with Crippen molar-refractivity contribution < 1.29 is 9.18 Å². The summed E-state index contributed by atoms with van der Waals surface area (Å²) >= 11 is 0. The number of hydrogen-bond acceptors (Lipinski definition) is 4. The first-order chi connectivity index (χ1) is 11.5. The number of amides is 1. The summed E-state index contributed by atoms with van der Waals surface area (Å²) in [5.41, 5.74) is 0.853. The lowest BCUT2D eigenvalue weighted by molar-refractivity contribution is 0.102. The van der Waals surface area contributed by atoms with E-state index < -0.39 is 0 Å². The highest BCUT2D eigenvalue weighted by Crippen LogP contribution is 2.22. The van der Waals surface area contributed by atoms with Crippen molar-refractivity contribution in [1.29, 1.82) is 0 Å². The van der Waals surface area contributed by atoms with Crippen molar-refractivity contribution in [3.63, 3.8) is 0 Å². The number of rotatable bonds is 3. The third kappa shape index (κ3) is 3.88. The fourth-order valence-corrected chi connectivity index (χ4v) is 2.80. The molecule has 1 aliphatic rings. The van der Waals surface area contributed by atoms with E-state index in [1.54, 1.807) is 13.0 Å². The number of carbonyl (C=O) groups is 1. The Bertz CT molecular complexity index is 724. The maximum Gasteiger partial charge on any atom is 0.274 e. The molecule has 0 bridgehead atoms. The van der Waals surface area contributed by atoms with Crippen LogP contribution in [0.2, 0.25) is 0 Å². The number of nitrogens with one attached hydrogen (secondary N) is 1. The third-order valence-electron chi connectivity index (χ3n) is 4.27. The lowest BCUT2D eigenvalue weighted by atomic mass is 9.99. The van der Waals surface area contributed by atoms with Crippen LogP contribution in [0, 0.1) is 18.7 Å². The van der Waals surface area contributed by atoms with Gasteiger partial charge in [0.15, 0.2) is 0 Å². The molecule has 1 fully saturated rings. The molecule has 5 nitrogen and oxygen atoms in total. The maximum atomic E-state index is 12.9. The zero-order chi connectivity index (χ0) is 17.1. The van der Waals surface area contributed by atoms with Crippen molar-refractivity contribution in [1.82, 2.24) is 9.97 Å². The minimum atomic E-state index is -0.340. The Morgan fingerprint density at radius 2 is 1.88 bits per heavy atom. The van der Waals surface area contributed by atoms with Gasteiger partial charge in [0.25, 0.3) is 5.91 Å². The average molecular weight is 328 g/mol. The molecule has 1 aliphatic heterocycles. The molecule has 1 saturated heterocycles. The van der Waals surface area contributed by atoms with E-state index in [9.17, 15) is 9.18 Å². The van der Waals surface area contributed by atoms with Gasteiger partial charge in [0.2, 0.25) is 0 Å². The van der Waals surface area contributed by atoms with Gasteiger partial charge >= 0.3 is 0 Å². The molecule has 1 aromatic carbocycles. The number of piperidine rings is 1. The van der Waals surface area contributed by atoms with Crippen LogP contribution in [0.4, 0.5) is 15.9 Å². The van der Waals surface area contributed by atoms with Crippen LogP contribution in [0.15, 0.2) is 30.3 Å². The molecule has 1 amide bonds. The highest BCUT2D eigenvalue weighted by atomic mass is 19.1. The lowest BCUT2D eigenvalue weighted by Crippen LogP contribution is -2.34. The van der Waals surface area contributed by atoms with Gasteiger partial charge in [-0.25, -0.2) is 14.4 Å². The fraction of sp³-hybridized carbons (Fsp3) is 0.389. The van der Waals surface area contributed by atoms with E-state index in [1.165, 1.54) is 24.3 Å². The van der Waals surface area contributed by atoms with Gasteiger partial charge in [-0.3, -0.25) is 4.79 Å². The zero-order valence-electron chi connectivity index (χ0n) is 13.9. The van der Waals surface area contributed by atoms with E-state index in [1.807, 2.05) is 0 Å². The number of anilines is 2. The molecule has 0 atom stereocenters. The summed E-state index contributed by atoms with van der Waals surface area (Å²) < 4.78 is 12.9. The molecular weight excluding hydrogens is 307 g/mol. The molecule has 1 N–H and O–H groups in total. The minimum Gasteiger partial charge on any atom is -0.356 e. The molecule has 2 aromatic rings. The zero-order valence-corrected chi connectivity index (χ0v) is 13.9. The van der Waals surface area contributed by atoms with E-state index in [4.69, 9.17) is 0 Å². The van der Waals surface area contributed by atoms with Gasteiger partial charge in [-0.1, -0.05) is 6.92 Å². The molecule has 0 saturated carbocycles. The highest BCUT2D eigenvalue weighted by molar-refractivity contribution is 6.03. The van der Waals surface area contributed by atoms with Crippen molar-refractivity contribution in [3.05, 3.63) is 47.7 Å². The average Bonchev–Trinajstić information content (AvgIpc) is 2.57. The van der Waals surface area contributed by atoms with Crippen LogP contribution >= 0.6 is 0 Å². The van der Waals surface area contributed by atoms with Crippen molar-refractivity contribution in [3.8, 4) is 0 Å². The van der Waals surface area contributed by atoms with Crippen molar-refractivity contribution in [2.24, 2.45) is 5.92 Å². The summed E-state index contributed by atoms with van der Waals surface area (Å²) in [5.74, 6) is 1.42. The first kappa shape index (κ1) is 16.4. The lowest BCUT2D eigenvalue weighted by Gasteiger charge is -2.31. The van der Waals surface area contributed by atoms with E-state index in [-0.39, 0.29) is 11.7 Å². The summed E-state index contributed by atoms with van der Waals surface area (Å²) in [4.78, 5) is 23.3. The van der Waals surface area contributed by atoms with Crippen LogP contribution in [0.1, 0.15) is 36.1 Å². The highest BCUT2D eigenvalue weighted by Gasteiger charge is 2.19. The fourth-order valence-electron chi connectivity index (χ4n) is 2.80. The Labute approximate surface area is 140 Å². The van der Waals surface area contributed by atoms with Crippen molar-refractivity contribution >= 4 is 17.4 Å². The van der Waals surface area contributed by atoms with Crippen LogP contribution in [0.25, 0.3) is 0 Å². The van der Waals surface area contributed by atoms with Crippen LogP contribution in [-0.2, 0) is 0 Å². The SMILES string of the molecule is Cc1nc(C(=O)Nc2ccc(F)cc2)cc(N2CCC(C)CC2)n1. The predicted molar refractivity (Wildman–Crippen MR) is 91.7 cm³/mol. The molecule has 0 radical (unpaired) electrons. The molecule has 1 aromatic heterocycles. The Kier molecular flexibility index (Phi) is 4.74. The number of nitrogens with zero attached hydrogens (tertiary/aromatic N) is 3. The van der Waals surface area contributed by atoms with Crippen molar-refractivity contribution in [2.45, 2.75) is 26.7 Å². The van der Waals surface area contributed by atoms with Gasteiger partial charge in [-0.2, -0.15) is 0 Å². The van der Waals surface area contributed by atoms with E-state index in [2.05, 4.69) is 27.1 Å². The first-order valence-electron chi connectivity index (χ1n) is 8.19. The standard InChI is InChI=1S/C18H21FN4O/c1-12-7-9-23(10-8-12)17-11-16(20-13(2)21-17)18(24)22-15-5-3-14(19)4-6-15/h3-6,11-12H,7-10H2,1-2H3,(H,22,24). The van der Waals surface area contributed by atoms with Gasteiger partial charge in [0.05, 0.1) is 0 Å². The summed E-state index contributed by atoms with van der Waals surface area (Å²) in [7, 11) is 0. The van der Waals surface area contributed by atoms with Gasteiger partial charge < -0.3 is 10.2 Å². The normalized spacial score (nSPS) is 15.4. The number of halogens is 1. The molecule has 0 spiro atoms.